The molecule has 7 heteroatoms. The van der Waals surface area contributed by atoms with Gasteiger partial charge in [-0.2, -0.15) is 0 Å². The van der Waals surface area contributed by atoms with Crippen molar-refractivity contribution in [3.05, 3.63) is 72.8 Å². The predicted molar refractivity (Wildman–Crippen MR) is 129 cm³/mol. The first-order valence-electron chi connectivity index (χ1n) is 10.5. The first-order chi connectivity index (χ1) is 16.1. The van der Waals surface area contributed by atoms with Gasteiger partial charge >= 0.3 is 0 Å². The highest BCUT2D eigenvalue weighted by molar-refractivity contribution is 5.93. The fourth-order valence-corrected chi connectivity index (χ4v) is 4.01. The van der Waals surface area contributed by atoms with E-state index in [1.165, 1.54) is 6.39 Å². The highest BCUT2D eigenvalue weighted by Crippen LogP contribution is 2.36. The van der Waals surface area contributed by atoms with Gasteiger partial charge in [-0.3, -0.25) is 0 Å². The molecule has 2 aromatic heterocycles. The van der Waals surface area contributed by atoms with Crippen LogP contribution in [-0.2, 0) is 7.05 Å². The monoisotopic (exact) mass is 440 g/mol. The Balaban J connectivity index is 1.54. The predicted octanol–water partition coefficient (Wildman–Crippen LogP) is 5.96. The van der Waals surface area contributed by atoms with E-state index < -0.39 is 0 Å². The molecule has 0 aliphatic heterocycles. The van der Waals surface area contributed by atoms with E-state index in [9.17, 15) is 0 Å². The van der Waals surface area contributed by atoms with Crippen LogP contribution in [0.25, 0.3) is 33.7 Å². The van der Waals surface area contributed by atoms with Crippen molar-refractivity contribution >= 4 is 22.4 Å². The molecule has 0 saturated carbocycles. The molecule has 0 aliphatic carbocycles. The number of rotatable bonds is 6. The number of oxazole rings is 1. The quantitative estimate of drug-likeness (QED) is 0.351. The highest BCUT2D eigenvalue weighted by atomic mass is 16.5. The summed E-state index contributed by atoms with van der Waals surface area (Å²) in [5, 5.41) is 3.50. The Morgan fingerprint density at radius 1 is 0.970 bits per heavy atom. The number of imidazole rings is 1. The van der Waals surface area contributed by atoms with Crippen molar-refractivity contribution in [1.82, 2.24) is 14.5 Å². The van der Waals surface area contributed by atoms with Crippen molar-refractivity contribution in [3.8, 4) is 34.2 Å². The summed E-state index contributed by atoms with van der Waals surface area (Å²) in [5.74, 6) is 3.07. The van der Waals surface area contributed by atoms with Crippen LogP contribution >= 0.6 is 0 Å². The van der Waals surface area contributed by atoms with Gasteiger partial charge in [-0.15, -0.1) is 0 Å². The van der Waals surface area contributed by atoms with Crippen molar-refractivity contribution in [2.24, 2.45) is 7.05 Å². The van der Waals surface area contributed by atoms with Gasteiger partial charge < -0.3 is 23.8 Å². The zero-order chi connectivity index (χ0) is 22.9. The summed E-state index contributed by atoms with van der Waals surface area (Å²) in [6, 6.07) is 19.9. The summed E-state index contributed by atoms with van der Waals surface area (Å²) < 4.78 is 18.7. The van der Waals surface area contributed by atoms with Gasteiger partial charge in [0.05, 0.1) is 36.7 Å². The number of ether oxygens (including phenoxy) is 2. The maximum atomic E-state index is 5.63. The van der Waals surface area contributed by atoms with Crippen LogP contribution in [0.1, 0.15) is 5.69 Å². The Hall–Kier alpha value is -4.26. The summed E-state index contributed by atoms with van der Waals surface area (Å²) in [4.78, 5) is 9.14. The van der Waals surface area contributed by atoms with Gasteiger partial charge in [0.2, 0.25) is 0 Å². The summed E-state index contributed by atoms with van der Waals surface area (Å²) in [7, 11) is 5.33. The molecule has 0 fully saturated rings. The molecule has 1 N–H and O–H groups in total. The van der Waals surface area contributed by atoms with Gasteiger partial charge in [-0.25, -0.2) is 9.97 Å². The number of hydrogen-bond acceptors (Lipinski definition) is 6. The Kier molecular flexibility index (Phi) is 5.22. The molecule has 5 rings (SSSR count). The van der Waals surface area contributed by atoms with Crippen molar-refractivity contribution in [2.75, 3.05) is 19.5 Å². The maximum Gasteiger partial charge on any atom is 0.181 e. The van der Waals surface area contributed by atoms with Gasteiger partial charge in [0, 0.05) is 24.4 Å². The van der Waals surface area contributed by atoms with E-state index >= 15 is 0 Å². The molecule has 3 aromatic carbocycles. The molecule has 33 heavy (non-hydrogen) atoms. The van der Waals surface area contributed by atoms with E-state index in [0.29, 0.717) is 11.5 Å². The summed E-state index contributed by atoms with van der Waals surface area (Å²) in [5.41, 5.74) is 6.36. The molecular formula is C26H24N4O3. The average Bonchev–Trinajstić information content (AvgIpc) is 3.42. The Morgan fingerprint density at radius 2 is 1.82 bits per heavy atom. The number of nitrogens with zero attached hydrogens (tertiary/aromatic N) is 3. The molecule has 0 amide bonds. The minimum absolute atomic E-state index is 0.699. The standard InChI is InChI=1S/C26H24N4O3/c1-16-25(33-15-27-16)20-12-11-18(14-23(20)32-4)28-21-9-6-10-22-24(21)29-26(30(22)2)17-7-5-8-19(13-17)31-3/h5-15,28H,1-4H3. The molecule has 166 valence electrons. The highest BCUT2D eigenvalue weighted by Gasteiger charge is 2.16. The van der Waals surface area contributed by atoms with Crippen LogP contribution < -0.4 is 14.8 Å². The van der Waals surface area contributed by atoms with Crippen LogP contribution in [0.4, 0.5) is 11.4 Å². The van der Waals surface area contributed by atoms with Crippen LogP contribution in [0.15, 0.2) is 71.5 Å². The fourth-order valence-electron chi connectivity index (χ4n) is 4.01. The van der Waals surface area contributed by atoms with Crippen LogP contribution in [0.3, 0.4) is 0 Å². The SMILES string of the molecule is COc1cccc(-c2nc3c(Nc4ccc(-c5ocnc5C)c(OC)c4)cccc3n2C)c1. The van der Waals surface area contributed by atoms with Gasteiger partial charge in [0.15, 0.2) is 12.2 Å². The van der Waals surface area contributed by atoms with Gasteiger partial charge in [-0.1, -0.05) is 18.2 Å². The maximum absolute atomic E-state index is 5.63. The smallest absolute Gasteiger partial charge is 0.181 e. The zero-order valence-electron chi connectivity index (χ0n) is 18.9. The van der Waals surface area contributed by atoms with Gasteiger partial charge in [0.25, 0.3) is 0 Å². The lowest BCUT2D eigenvalue weighted by Crippen LogP contribution is -1.95. The third-order valence-electron chi connectivity index (χ3n) is 5.71. The topological polar surface area (TPSA) is 74.3 Å². The summed E-state index contributed by atoms with van der Waals surface area (Å²) in [6.45, 7) is 1.91. The lowest BCUT2D eigenvalue weighted by Gasteiger charge is -2.12. The van der Waals surface area contributed by atoms with Crippen LogP contribution in [-0.4, -0.2) is 28.8 Å². The second kappa shape index (κ2) is 8.35. The molecule has 0 atom stereocenters. The molecular weight excluding hydrogens is 416 g/mol. The zero-order valence-corrected chi connectivity index (χ0v) is 18.9. The lowest BCUT2D eigenvalue weighted by molar-refractivity contribution is 0.414. The van der Waals surface area contributed by atoms with E-state index in [4.69, 9.17) is 18.9 Å². The number of fused-ring (bicyclic) bond motifs is 1. The number of para-hydroxylation sites is 1. The van der Waals surface area contributed by atoms with Gasteiger partial charge in [-0.05, 0) is 43.3 Å². The summed E-state index contributed by atoms with van der Waals surface area (Å²) in [6.07, 6.45) is 1.44. The van der Waals surface area contributed by atoms with Crippen LogP contribution in [0.5, 0.6) is 11.5 Å². The Bertz CT molecular complexity index is 1450. The normalized spacial score (nSPS) is 11.0. The number of aryl methyl sites for hydroxylation is 2. The molecule has 7 nitrogen and oxygen atoms in total. The molecule has 0 unspecified atom stereocenters. The molecule has 0 bridgehead atoms. The third kappa shape index (κ3) is 3.67. The number of hydrogen-bond donors (Lipinski definition) is 1. The lowest BCUT2D eigenvalue weighted by atomic mass is 10.1. The molecule has 2 heterocycles. The van der Waals surface area contributed by atoms with Crippen molar-refractivity contribution in [2.45, 2.75) is 6.92 Å². The largest absolute Gasteiger partial charge is 0.497 e. The third-order valence-corrected chi connectivity index (χ3v) is 5.71. The molecule has 0 saturated heterocycles. The molecule has 0 spiro atoms. The van der Waals surface area contributed by atoms with Gasteiger partial charge in [0.1, 0.15) is 22.8 Å². The first-order valence-corrected chi connectivity index (χ1v) is 10.5. The number of methoxy groups -OCH3 is 2. The first kappa shape index (κ1) is 20.6. The van der Waals surface area contributed by atoms with E-state index in [1.807, 2.05) is 68.6 Å². The van der Waals surface area contributed by atoms with E-state index in [0.717, 1.165) is 50.8 Å². The Morgan fingerprint density at radius 3 is 2.58 bits per heavy atom. The average molecular weight is 441 g/mol. The number of aromatic nitrogens is 3. The summed E-state index contributed by atoms with van der Waals surface area (Å²) >= 11 is 0. The van der Waals surface area contributed by atoms with Crippen molar-refractivity contribution in [1.29, 1.82) is 0 Å². The van der Waals surface area contributed by atoms with Crippen LogP contribution in [0.2, 0.25) is 0 Å². The Labute approximate surface area is 191 Å². The number of nitrogens with one attached hydrogen (secondary N) is 1. The van der Waals surface area contributed by atoms with Crippen molar-refractivity contribution < 1.29 is 13.9 Å². The van der Waals surface area contributed by atoms with Crippen molar-refractivity contribution in [3.63, 3.8) is 0 Å². The molecule has 0 aliphatic rings. The molecule has 5 aromatic rings. The number of benzene rings is 3. The van der Waals surface area contributed by atoms with Crippen LogP contribution in [0, 0.1) is 6.92 Å². The minimum atomic E-state index is 0.699. The fraction of sp³-hybridized carbons (Fsp3) is 0.154. The second-order valence-corrected chi connectivity index (χ2v) is 7.71. The second-order valence-electron chi connectivity index (χ2n) is 7.71. The van der Waals surface area contributed by atoms with E-state index in [1.54, 1.807) is 14.2 Å². The number of anilines is 2. The molecule has 0 radical (unpaired) electrons. The van der Waals surface area contributed by atoms with E-state index in [2.05, 4.69) is 20.9 Å². The van der Waals surface area contributed by atoms with E-state index in [-0.39, 0.29) is 0 Å². The minimum Gasteiger partial charge on any atom is -0.497 e.